The number of allylic oxidation sites excluding steroid dienone is 1. The number of hydrogen-bond donors (Lipinski definition) is 4. The molecule has 3 aromatic carbocycles. The van der Waals surface area contributed by atoms with Gasteiger partial charge in [-0.25, -0.2) is 10.3 Å². The lowest BCUT2D eigenvalue weighted by Crippen LogP contribution is -2.22. The zero-order chi connectivity index (χ0) is 24.8. The number of carbonyl (C=O) groups excluding carboxylic acids is 2. The first kappa shape index (κ1) is 23.9. The van der Waals surface area contributed by atoms with Crippen LogP contribution in [0, 0.1) is 5.92 Å². The van der Waals surface area contributed by atoms with E-state index in [1.54, 1.807) is 48.0 Å². The minimum absolute atomic E-state index is 0.130. The fraction of sp³-hybridized carbons (Fsp3) is 0.231. The topological polar surface area (TPSA) is 126 Å². The molecule has 3 aromatic rings. The molecule has 182 valence electrons. The first-order valence-corrected chi connectivity index (χ1v) is 11.1. The molecule has 0 aromatic heterocycles. The normalized spacial score (nSPS) is 14.0. The second-order valence-corrected chi connectivity index (χ2v) is 8.17. The van der Waals surface area contributed by atoms with Crippen molar-refractivity contribution >= 4 is 28.5 Å². The van der Waals surface area contributed by atoms with Gasteiger partial charge in [-0.05, 0) is 42.3 Å². The molecule has 0 saturated heterocycles. The number of ether oxygens (including phenoxy) is 3. The Kier molecular flexibility index (Phi) is 7.37. The third-order valence-corrected chi connectivity index (χ3v) is 5.78. The fourth-order valence-electron chi connectivity index (χ4n) is 4.02. The van der Waals surface area contributed by atoms with Gasteiger partial charge in [0.05, 0.1) is 0 Å². The molecule has 0 radical (unpaired) electrons. The summed E-state index contributed by atoms with van der Waals surface area (Å²) in [6.45, 7) is 2.07. The van der Waals surface area contributed by atoms with Gasteiger partial charge in [0, 0.05) is 28.8 Å². The lowest BCUT2D eigenvalue weighted by molar-refractivity contribution is -0.124. The summed E-state index contributed by atoms with van der Waals surface area (Å²) in [6.07, 6.45) is 2.70. The van der Waals surface area contributed by atoms with Gasteiger partial charge in [-0.15, -0.1) is 0 Å². The van der Waals surface area contributed by atoms with E-state index >= 15 is 0 Å². The molecule has 0 unspecified atom stereocenters. The molecule has 4 N–H and O–H groups in total. The highest BCUT2D eigenvalue weighted by Gasteiger charge is 2.26. The summed E-state index contributed by atoms with van der Waals surface area (Å²) >= 11 is 0. The maximum Gasteiger partial charge on any atom is 0.412 e. The van der Waals surface area contributed by atoms with E-state index in [2.05, 4.69) is 5.32 Å². The Morgan fingerprint density at radius 2 is 1.86 bits per heavy atom. The molecule has 0 spiro atoms. The van der Waals surface area contributed by atoms with Gasteiger partial charge in [0.25, 0.3) is 5.91 Å². The van der Waals surface area contributed by atoms with Crippen LogP contribution in [0.1, 0.15) is 31.4 Å². The zero-order valence-corrected chi connectivity index (χ0v) is 19.1. The van der Waals surface area contributed by atoms with Gasteiger partial charge in [-0.3, -0.25) is 15.3 Å². The minimum atomic E-state index is -0.645. The first-order valence-electron chi connectivity index (χ1n) is 11.1. The number of benzene rings is 3. The number of anilines is 1. The van der Waals surface area contributed by atoms with Crippen molar-refractivity contribution in [3.05, 3.63) is 72.3 Å². The fourth-order valence-corrected chi connectivity index (χ4v) is 4.02. The molecule has 2 atom stereocenters. The van der Waals surface area contributed by atoms with Gasteiger partial charge in [-0.1, -0.05) is 43.3 Å². The van der Waals surface area contributed by atoms with Gasteiger partial charge in [0.15, 0.2) is 11.5 Å². The summed E-state index contributed by atoms with van der Waals surface area (Å²) in [4.78, 5) is 24.1. The molecule has 1 heterocycles. The van der Waals surface area contributed by atoms with Gasteiger partial charge < -0.3 is 19.3 Å². The Morgan fingerprint density at radius 1 is 1.09 bits per heavy atom. The highest BCUT2D eigenvalue weighted by molar-refractivity contribution is 5.92. The van der Waals surface area contributed by atoms with Crippen molar-refractivity contribution in [2.45, 2.75) is 25.9 Å². The van der Waals surface area contributed by atoms with Crippen molar-refractivity contribution in [2.24, 2.45) is 5.92 Å². The number of carbonyl (C=O) groups is 2. The van der Waals surface area contributed by atoms with Crippen LogP contribution in [-0.2, 0) is 9.53 Å². The summed E-state index contributed by atoms with van der Waals surface area (Å²) in [5.41, 5.74) is 2.80. The van der Waals surface area contributed by atoms with Crippen LogP contribution >= 0.6 is 0 Å². The smallest absolute Gasteiger partial charge is 0.412 e. The van der Waals surface area contributed by atoms with Crippen LogP contribution in [0.3, 0.4) is 0 Å². The van der Waals surface area contributed by atoms with Crippen LogP contribution in [0.25, 0.3) is 10.8 Å². The SMILES string of the molecule is C[C@@H](CC/C=C/C(=O)NO)[C@@H](OC(=O)Nc1ccc2c(c1)OCO2)c1ccc(O)c2ccccc12. The number of phenols is 1. The number of amides is 2. The van der Waals surface area contributed by atoms with Gasteiger partial charge in [-0.2, -0.15) is 0 Å². The molecule has 1 aliphatic heterocycles. The van der Waals surface area contributed by atoms with Crippen LogP contribution in [0.5, 0.6) is 17.2 Å². The standard InChI is InChI=1S/C26H26N2O7/c1-16(6-2-5-9-24(30)28-32)25(20-11-12-21(29)19-8-4-3-7-18(19)20)35-26(31)27-17-10-13-22-23(14-17)34-15-33-22/h3-5,7-14,16,25,29,32H,2,6,15H2,1H3,(H,27,31)(H,28,30)/b9-5+/t16-,25+/m0/s1. The molecule has 9 nitrogen and oxygen atoms in total. The lowest BCUT2D eigenvalue weighted by Gasteiger charge is -2.26. The van der Waals surface area contributed by atoms with E-state index < -0.39 is 18.1 Å². The summed E-state index contributed by atoms with van der Waals surface area (Å²) in [5.74, 6) is 0.522. The van der Waals surface area contributed by atoms with E-state index in [0.717, 1.165) is 10.9 Å². The molecule has 0 saturated carbocycles. The van der Waals surface area contributed by atoms with Crippen molar-refractivity contribution in [3.8, 4) is 17.2 Å². The average Bonchev–Trinajstić information content (AvgIpc) is 3.33. The predicted octanol–water partition coefficient (Wildman–Crippen LogP) is 5.04. The summed E-state index contributed by atoms with van der Waals surface area (Å²) < 4.78 is 16.6. The van der Waals surface area contributed by atoms with Crippen LogP contribution in [0.2, 0.25) is 0 Å². The Balaban J connectivity index is 1.56. The van der Waals surface area contributed by atoms with Gasteiger partial charge in [0.1, 0.15) is 11.9 Å². The van der Waals surface area contributed by atoms with Crippen molar-refractivity contribution < 1.29 is 34.1 Å². The highest BCUT2D eigenvalue weighted by Crippen LogP contribution is 2.38. The third kappa shape index (κ3) is 5.64. The quantitative estimate of drug-likeness (QED) is 0.203. The van der Waals surface area contributed by atoms with Crippen LogP contribution in [-0.4, -0.2) is 29.1 Å². The Morgan fingerprint density at radius 3 is 2.66 bits per heavy atom. The maximum atomic E-state index is 12.9. The predicted molar refractivity (Wildman–Crippen MR) is 128 cm³/mol. The largest absolute Gasteiger partial charge is 0.507 e. The highest BCUT2D eigenvalue weighted by atomic mass is 16.7. The second-order valence-electron chi connectivity index (χ2n) is 8.17. The lowest BCUT2D eigenvalue weighted by atomic mass is 9.89. The van der Waals surface area contributed by atoms with E-state index in [4.69, 9.17) is 19.4 Å². The van der Waals surface area contributed by atoms with Crippen molar-refractivity contribution in [3.63, 3.8) is 0 Å². The van der Waals surface area contributed by atoms with Crippen LogP contribution < -0.4 is 20.3 Å². The Hall–Kier alpha value is -4.24. The number of phenolic OH excluding ortho intramolecular Hbond substituents is 1. The van der Waals surface area contributed by atoms with E-state index in [0.29, 0.717) is 35.4 Å². The summed E-state index contributed by atoms with van der Waals surface area (Å²) in [7, 11) is 0. The van der Waals surface area contributed by atoms with E-state index in [9.17, 15) is 14.7 Å². The van der Waals surface area contributed by atoms with Crippen molar-refractivity contribution in [1.82, 2.24) is 5.48 Å². The number of hydrogen-bond acceptors (Lipinski definition) is 7. The summed E-state index contributed by atoms with van der Waals surface area (Å²) in [5, 5.41) is 23.1. The Labute approximate surface area is 201 Å². The molecule has 9 heteroatoms. The van der Waals surface area contributed by atoms with Crippen molar-refractivity contribution in [1.29, 1.82) is 0 Å². The van der Waals surface area contributed by atoms with Crippen molar-refractivity contribution in [2.75, 3.05) is 12.1 Å². The monoisotopic (exact) mass is 478 g/mol. The molecule has 0 fully saturated rings. The molecular formula is C26H26N2O7. The first-order chi connectivity index (χ1) is 17.0. The van der Waals surface area contributed by atoms with E-state index in [1.807, 2.05) is 25.1 Å². The molecule has 35 heavy (non-hydrogen) atoms. The maximum absolute atomic E-state index is 12.9. The number of rotatable bonds is 8. The Bertz CT molecular complexity index is 1260. The van der Waals surface area contributed by atoms with Gasteiger partial charge >= 0.3 is 6.09 Å². The molecule has 1 aliphatic rings. The number of nitrogens with one attached hydrogen (secondary N) is 2. The van der Waals surface area contributed by atoms with E-state index in [1.165, 1.54) is 6.08 Å². The summed E-state index contributed by atoms with van der Waals surface area (Å²) in [6, 6.07) is 15.8. The van der Waals surface area contributed by atoms with Crippen LogP contribution in [0.4, 0.5) is 10.5 Å². The third-order valence-electron chi connectivity index (χ3n) is 5.78. The van der Waals surface area contributed by atoms with E-state index in [-0.39, 0.29) is 18.5 Å². The molecule has 4 rings (SSSR count). The molecule has 0 aliphatic carbocycles. The zero-order valence-electron chi connectivity index (χ0n) is 19.1. The number of hydroxylamine groups is 1. The molecule has 0 bridgehead atoms. The molecular weight excluding hydrogens is 452 g/mol. The number of fused-ring (bicyclic) bond motifs is 2. The molecule has 2 amide bonds. The number of aromatic hydroxyl groups is 1. The second kappa shape index (κ2) is 10.8. The minimum Gasteiger partial charge on any atom is -0.507 e. The van der Waals surface area contributed by atoms with Crippen LogP contribution in [0.15, 0.2) is 66.7 Å². The van der Waals surface area contributed by atoms with Gasteiger partial charge in [0.2, 0.25) is 6.79 Å². The average molecular weight is 479 g/mol.